The second-order valence-corrected chi connectivity index (χ2v) is 7.16. The lowest BCUT2D eigenvalue weighted by atomic mass is 10.0. The first-order valence-corrected chi connectivity index (χ1v) is 8.43. The summed E-state index contributed by atoms with van der Waals surface area (Å²) in [5, 5.41) is 0.679. The molecule has 0 aromatic heterocycles. The monoisotopic (exact) mass is 287 g/mol. The van der Waals surface area contributed by atoms with Crippen molar-refractivity contribution in [1.82, 2.24) is 4.31 Å². The van der Waals surface area contributed by atoms with Crippen molar-refractivity contribution in [2.75, 3.05) is 12.8 Å². The molecule has 0 amide bonds. The molecular weight excluding hydrogens is 270 g/mol. The van der Waals surface area contributed by atoms with Crippen molar-refractivity contribution in [1.29, 1.82) is 0 Å². The van der Waals surface area contributed by atoms with Crippen LogP contribution in [0.25, 0.3) is 0 Å². The zero-order chi connectivity index (χ0) is 13.2. The van der Waals surface area contributed by atoms with Crippen LogP contribution in [0.5, 0.6) is 0 Å². The van der Waals surface area contributed by atoms with E-state index in [9.17, 15) is 8.42 Å². The molecule has 0 radical (unpaired) electrons. The topological polar surface area (TPSA) is 37.4 Å². The Hall–Kier alpha value is -0.580. The molecule has 0 spiro atoms. The molecule has 0 saturated carbocycles. The zero-order valence-electron chi connectivity index (χ0n) is 10.5. The number of sulfonamides is 1. The molecule has 1 fully saturated rings. The largest absolute Gasteiger partial charge is 0.212 e. The highest BCUT2D eigenvalue weighted by molar-refractivity contribution is 7.88. The van der Waals surface area contributed by atoms with Gasteiger partial charge >= 0.3 is 0 Å². The number of hydrogen-bond acceptors (Lipinski definition) is 2. The highest BCUT2D eigenvalue weighted by atomic mass is 35.5. The van der Waals surface area contributed by atoms with Gasteiger partial charge in [0.05, 0.1) is 6.26 Å². The lowest BCUT2D eigenvalue weighted by Crippen LogP contribution is -2.33. The summed E-state index contributed by atoms with van der Waals surface area (Å²) in [7, 11) is -3.16. The van der Waals surface area contributed by atoms with Crippen molar-refractivity contribution in [2.45, 2.75) is 31.7 Å². The number of benzene rings is 1. The van der Waals surface area contributed by atoms with E-state index in [2.05, 4.69) is 0 Å². The second kappa shape index (κ2) is 5.59. The van der Waals surface area contributed by atoms with Gasteiger partial charge in [-0.15, -0.1) is 0 Å². The maximum atomic E-state index is 11.9. The van der Waals surface area contributed by atoms with Gasteiger partial charge in [-0.2, -0.15) is 4.31 Å². The quantitative estimate of drug-likeness (QED) is 0.837. The molecule has 0 aliphatic carbocycles. The minimum Gasteiger partial charge on any atom is -0.212 e. The average Bonchev–Trinajstić information content (AvgIpc) is 2.54. The Labute approximate surface area is 114 Å². The third kappa shape index (κ3) is 3.25. The van der Waals surface area contributed by atoms with Gasteiger partial charge in [0, 0.05) is 17.6 Å². The Morgan fingerprint density at radius 3 is 2.44 bits per heavy atom. The van der Waals surface area contributed by atoms with Gasteiger partial charge in [0.15, 0.2) is 0 Å². The molecule has 1 aromatic rings. The molecule has 5 heteroatoms. The summed E-state index contributed by atoms with van der Waals surface area (Å²) in [4.78, 5) is 0. The summed E-state index contributed by atoms with van der Waals surface area (Å²) in [6, 6.07) is 7.46. The average molecular weight is 288 g/mol. The maximum Gasteiger partial charge on any atom is 0.211 e. The fourth-order valence-corrected chi connectivity index (χ4v) is 3.77. The standard InChI is InChI=1S/C13H18ClNO2S/c1-18(16,17)15-10-4-2-3-5-13(15)11-6-8-12(14)9-7-11/h6-9,13H,2-5,10H2,1H3. The fourth-order valence-electron chi connectivity index (χ4n) is 2.50. The van der Waals surface area contributed by atoms with E-state index in [0.29, 0.717) is 11.6 Å². The lowest BCUT2D eigenvalue weighted by Gasteiger charge is -2.28. The SMILES string of the molecule is CS(=O)(=O)N1CCCCCC1c1ccc(Cl)cc1. The van der Waals surface area contributed by atoms with Crippen LogP contribution in [0.15, 0.2) is 24.3 Å². The Balaban J connectivity index is 2.34. The van der Waals surface area contributed by atoms with Crippen LogP contribution in [-0.4, -0.2) is 25.5 Å². The molecule has 1 atom stereocenters. The minimum absolute atomic E-state index is 0.0419. The van der Waals surface area contributed by atoms with Crippen molar-refractivity contribution in [3.8, 4) is 0 Å². The minimum atomic E-state index is -3.16. The molecule has 100 valence electrons. The fraction of sp³-hybridized carbons (Fsp3) is 0.538. The Morgan fingerprint density at radius 2 is 1.83 bits per heavy atom. The molecule has 2 rings (SSSR count). The highest BCUT2D eigenvalue weighted by Gasteiger charge is 2.28. The maximum absolute atomic E-state index is 11.9. The van der Waals surface area contributed by atoms with Crippen LogP contribution < -0.4 is 0 Å². The predicted molar refractivity (Wildman–Crippen MR) is 74.2 cm³/mol. The molecule has 1 aromatic carbocycles. The first-order chi connectivity index (χ1) is 8.48. The second-order valence-electron chi connectivity index (χ2n) is 4.79. The molecule has 1 aliphatic heterocycles. The van der Waals surface area contributed by atoms with Gasteiger partial charge in [-0.3, -0.25) is 0 Å². The number of hydrogen-bond donors (Lipinski definition) is 0. The lowest BCUT2D eigenvalue weighted by molar-refractivity contribution is 0.331. The van der Waals surface area contributed by atoms with Crippen LogP contribution in [0.3, 0.4) is 0 Å². The van der Waals surface area contributed by atoms with Crippen LogP contribution in [0.2, 0.25) is 5.02 Å². The Kier molecular flexibility index (Phi) is 4.30. The van der Waals surface area contributed by atoms with E-state index in [1.54, 1.807) is 4.31 Å². The van der Waals surface area contributed by atoms with Gasteiger partial charge in [0.25, 0.3) is 0 Å². The van der Waals surface area contributed by atoms with E-state index >= 15 is 0 Å². The van der Waals surface area contributed by atoms with Crippen molar-refractivity contribution in [3.05, 3.63) is 34.9 Å². The van der Waals surface area contributed by atoms with Crippen LogP contribution in [0.4, 0.5) is 0 Å². The Bertz CT molecular complexity index is 498. The van der Waals surface area contributed by atoms with E-state index in [1.807, 2.05) is 24.3 Å². The third-order valence-corrected chi connectivity index (χ3v) is 4.93. The van der Waals surface area contributed by atoms with Gasteiger partial charge in [-0.05, 0) is 30.5 Å². The van der Waals surface area contributed by atoms with E-state index in [4.69, 9.17) is 11.6 Å². The number of halogens is 1. The van der Waals surface area contributed by atoms with E-state index in [0.717, 1.165) is 31.2 Å². The summed E-state index contributed by atoms with van der Waals surface area (Å²) in [5.41, 5.74) is 1.03. The van der Waals surface area contributed by atoms with Gasteiger partial charge in [-0.25, -0.2) is 8.42 Å². The molecule has 1 saturated heterocycles. The van der Waals surface area contributed by atoms with Gasteiger partial charge in [0.2, 0.25) is 10.0 Å². The first-order valence-electron chi connectivity index (χ1n) is 6.21. The van der Waals surface area contributed by atoms with Crippen molar-refractivity contribution < 1.29 is 8.42 Å². The summed E-state index contributed by atoms with van der Waals surface area (Å²) in [6.07, 6.45) is 5.28. The van der Waals surface area contributed by atoms with E-state index < -0.39 is 10.0 Å². The molecule has 3 nitrogen and oxygen atoms in total. The normalized spacial score (nSPS) is 22.7. The zero-order valence-corrected chi connectivity index (χ0v) is 12.0. The molecule has 1 unspecified atom stereocenters. The molecule has 0 N–H and O–H groups in total. The summed E-state index contributed by atoms with van der Waals surface area (Å²) in [5.74, 6) is 0. The van der Waals surface area contributed by atoms with Gasteiger partial charge < -0.3 is 0 Å². The van der Waals surface area contributed by atoms with Crippen LogP contribution in [0, 0.1) is 0 Å². The molecule has 1 heterocycles. The smallest absolute Gasteiger partial charge is 0.211 e. The van der Waals surface area contributed by atoms with Crippen LogP contribution in [-0.2, 0) is 10.0 Å². The van der Waals surface area contributed by atoms with Gasteiger partial charge in [-0.1, -0.05) is 36.6 Å². The summed E-state index contributed by atoms with van der Waals surface area (Å²) >= 11 is 5.88. The van der Waals surface area contributed by atoms with E-state index in [1.165, 1.54) is 6.26 Å². The number of nitrogens with zero attached hydrogens (tertiary/aromatic N) is 1. The van der Waals surface area contributed by atoms with E-state index in [-0.39, 0.29) is 6.04 Å². The van der Waals surface area contributed by atoms with Gasteiger partial charge in [0.1, 0.15) is 0 Å². The summed E-state index contributed by atoms with van der Waals surface area (Å²) in [6.45, 7) is 0.617. The van der Waals surface area contributed by atoms with Crippen LogP contribution in [0.1, 0.15) is 37.3 Å². The highest BCUT2D eigenvalue weighted by Crippen LogP contribution is 2.32. The third-order valence-electron chi connectivity index (χ3n) is 3.38. The number of rotatable bonds is 2. The first kappa shape index (κ1) is 13.8. The molecule has 1 aliphatic rings. The Morgan fingerprint density at radius 1 is 1.17 bits per heavy atom. The predicted octanol–water partition coefficient (Wildman–Crippen LogP) is 3.22. The molecular formula is C13H18ClNO2S. The molecule has 18 heavy (non-hydrogen) atoms. The van der Waals surface area contributed by atoms with Crippen molar-refractivity contribution >= 4 is 21.6 Å². The van der Waals surface area contributed by atoms with Crippen molar-refractivity contribution in [2.24, 2.45) is 0 Å². The molecule has 0 bridgehead atoms. The summed E-state index contributed by atoms with van der Waals surface area (Å²) < 4.78 is 25.4. The van der Waals surface area contributed by atoms with Crippen molar-refractivity contribution in [3.63, 3.8) is 0 Å². The van der Waals surface area contributed by atoms with Crippen LogP contribution >= 0.6 is 11.6 Å².